The average Bonchev–Trinajstić information content (AvgIpc) is 3.21. The fraction of sp³-hybridized carbons (Fsp3) is 0.480. The lowest BCUT2D eigenvalue weighted by molar-refractivity contribution is -0.143. The molecule has 4 saturated carbocycles. The van der Waals surface area contributed by atoms with E-state index in [0.717, 1.165) is 63.8 Å². The van der Waals surface area contributed by atoms with E-state index in [1.165, 1.54) is 19.3 Å². The van der Waals surface area contributed by atoms with Gasteiger partial charge in [0.1, 0.15) is 11.3 Å². The zero-order valence-corrected chi connectivity index (χ0v) is 18.6. The molecule has 0 spiro atoms. The fourth-order valence-electron chi connectivity index (χ4n) is 6.73. The van der Waals surface area contributed by atoms with Crippen LogP contribution in [0.1, 0.15) is 44.2 Å². The Morgan fingerprint density at radius 3 is 2.48 bits per heavy atom. The van der Waals surface area contributed by atoms with Crippen LogP contribution in [0.2, 0.25) is 0 Å². The maximum atomic E-state index is 14.3. The number of benzene rings is 1. The number of methoxy groups -OCH3 is 1. The Balaban J connectivity index is 1.42. The number of anilines is 1. The minimum atomic E-state index is -0.217. The molecule has 160 valence electrons. The van der Waals surface area contributed by atoms with Gasteiger partial charge in [-0.1, -0.05) is 23.5 Å². The smallest absolute Gasteiger partial charge is 0.235 e. The van der Waals surface area contributed by atoms with Crippen LogP contribution in [0.4, 0.5) is 5.13 Å². The van der Waals surface area contributed by atoms with Gasteiger partial charge in [0.05, 0.1) is 29.5 Å². The summed E-state index contributed by atoms with van der Waals surface area (Å²) in [5, 5.41) is 0.755. The van der Waals surface area contributed by atoms with Gasteiger partial charge in [0, 0.05) is 6.20 Å². The number of thiazole rings is 1. The maximum absolute atomic E-state index is 14.3. The van der Waals surface area contributed by atoms with E-state index >= 15 is 0 Å². The van der Waals surface area contributed by atoms with Gasteiger partial charge in [-0.05, 0) is 80.5 Å². The van der Waals surface area contributed by atoms with Crippen molar-refractivity contribution in [3.63, 3.8) is 0 Å². The van der Waals surface area contributed by atoms with Gasteiger partial charge >= 0.3 is 0 Å². The third-order valence-corrected chi connectivity index (χ3v) is 8.65. The first-order valence-corrected chi connectivity index (χ1v) is 12.1. The Morgan fingerprint density at radius 1 is 1.10 bits per heavy atom. The van der Waals surface area contributed by atoms with E-state index in [4.69, 9.17) is 9.72 Å². The van der Waals surface area contributed by atoms with E-state index in [2.05, 4.69) is 4.98 Å². The van der Waals surface area contributed by atoms with E-state index in [1.807, 2.05) is 41.3 Å². The highest BCUT2D eigenvalue weighted by atomic mass is 32.1. The van der Waals surface area contributed by atoms with Crippen LogP contribution in [-0.2, 0) is 11.3 Å². The van der Waals surface area contributed by atoms with E-state index in [1.54, 1.807) is 24.6 Å². The van der Waals surface area contributed by atoms with Crippen molar-refractivity contribution < 1.29 is 9.53 Å². The van der Waals surface area contributed by atoms with Gasteiger partial charge in [-0.15, -0.1) is 0 Å². The molecule has 4 fully saturated rings. The standard InChI is InChI=1S/C25H27N3O2S/c1-30-20-6-4-7-21-22(20)27-24(31-21)28(15-19-5-2-3-8-26-19)23(29)25-12-16-9-17(13-25)11-18(10-16)14-25/h2-8,16-18H,9-15H2,1H3. The molecular weight excluding hydrogens is 406 g/mol. The van der Waals surface area contributed by atoms with Crippen molar-refractivity contribution in [3.8, 4) is 5.75 Å². The fourth-order valence-corrected chi connectivity index (χ4v) is 7.71. The van der Waals surface area contributed by atoms with Gasteiger partial charge < -0.3 is 4.74 Å². The van der Waals surface area contributed by atoms with Gasteiger partial charge in [0.15, 0.2) is 5.13 Å². The van der Waals surface area contributed by atoms with Gasteiger partial charge in [0.25, 0.3) is 0 Å². The summed E-state index contributed by atoms with van der Waals surface area (Å²) in [4.78, 5) is 25.6. The number of ether oxygens (including phenoxy) is 1. The number of aromatic nitrogens is 2. The number of fused-ring (bicyclic) bond motifs is 1. The summed E-state index contributed by atoms with van der Waals surface area (Å²) < 4.78 is 6.57. The molecule has 4 bridgehead atoms. The number of amides is 1. The third kappa shape index (κ3) is 3.23. The predicted octanol–water partition coefficient (Wildman–Crippen LogP) is 5.45. The topological polar surface area (TPSA) is 55.3 Å². The number of carbonyl (C=O) groups excluding carboxylic acids is 1. The number of rotatable bonds is 5. The molecule has 0 radical (unpaired) electrons. The highest BCUT2D eigenvalue weighted by molar-refractivity contribution is 7.22. The van der Waals surface area contributed by atoms with Crippen molar-refractivity contribution in [2.75, 3.05) is 12.0 Å². The monoisotopic (exact) mass is 433 g/mol. The molecule has 7 rings (SSSR count). The molecule has 0 unspecified atom stereocenters. The van der Waals surface area contributed by atoms with Crippen LogP contribution < -0.4 is 9.64 Å². The van der Waals surface area contributed by atoms with Crippen molar-refractivity contribution in [1.29, 1.82) is 0 Å². The summed E-state index contributed by atoms with van der Waals surface area (Å²) in [7, 11) is 1.67. The van der Waals surface area contributed by atoms with Crippen LogP contribution in [-0.4, -0.2) is 23.0 Å². The van der Waals surface area contributed by atoms with Gasteiger partial charge in [0.2, 0.25) is 5.91 Å². The number of carbonyl (C=O) groups is 1. The second-order valence-corrected chi connectivity index (χ2v) is 10.7. The third-order valence-electron chi connectivity index (χ3n) is 7.60. The lowest BCUT2D eigenvalue weighted by Gasteiger charge is -2.56. The first-order valence-electron chi connectivity index (χ1n) is 11.3. The summed E-state index contributed by atoms with van der Waals surface area (Å²) in [5.41, 5.74) is 1.51. The quantitative estimate of drug-likeness (QED) is 0.537. The van der Waals surface area contributed by atoms with Crippen molar-refractivity contribution in [1.82, 2.24) is 9.97 Å². The van der Waals surface area contributed by atoms with Gasteiger partial charge in [-0.2, -0.15) is 0 Å². The van der Waals surface area contributed by atoms with Crippen molar-refractivity contribution in [2.45, 2.75) is 45.1 Å². The molecule has 1 amide bonds. The minimum Gasteiger partial charge on any atom is -0.494 e. The van der Waals surface area contributed by atoms with Gasteiger partial charge in [-0.25, -0.2) is 4.98 Å². The number of hydrogen-bond donors (Lipinski definition) is 0. The summed E-state index contributed by atoms with van der Waals surface area (Å²) >= 11 is 1.57. The Bertz CT molecular complexity index is 1090. The Hall–Kier alpha value is -2.47. The van der Waals surface area contributed by atoms with E-state index < -0.39 is 0 Å². The number of hydrogen-bond acceptors (Lipinski definition) is 5. The maximum Gasteiger partial charge on any atom is 0.235 e. The summed E-state index contributed by atoms with van der Waals surface area (Å²) in [6.07, 6.45) is 8.91. The highest BCUT2D eigenvalue weighted by Gasteiger charge is 2.56. The molecule has 0 saturated heterocycles. The van der Waals surface area contributed by atoms with Crippen molar-refractivity contribution >= 4 is 32.6 Å². The molecule has 3 aromatic rings. The number of para-hydroxylation sites is 1. The number of pyridine rings is 1. The molecule has 4 aliphatic rings. The average molecular weight is 434 g/mol. The Morgan fingerprint density at radius 2 is 1.84 bits per heavy atom. The molecule has 2 heterocycles. The summed E-state index contributed by atoms with van der Waals surface area (Å²) in [5.74, 6) is 3.18. The normalized spacial score (nSPS) is 28.7. The Kier molecular flexibility index (Phi) is 4.53. The molecule has 2 aromatic heterocycles. The lowest BCUT2D eigenvalue weighted by Crippen LogP contribution is -2.54. The zero-order valence-electron chi connectivity index (χ0n) is 17.8. The number of nitrogens with zero attached hydrogens (tertiary/aromatic N) is 3. The molecule has 0 atom stereocenters. The first-order chi connectivity index (χ1) is 15.1. The zero-order chi connectivity index (χ0) is 21.0. The molecule has 6 heteroatoms. The van der Waals surface area contributed by atoms with Crippen molar-refractivity contribution in [2.24, 2.45) is 23.2 Å². The van der Waals surface area contributed by atoms with Gasteiger partial charge in [-0.3, -0.25) is 14.7 Å². The Labute approximate surface area is 186 Å². The van der Waals surface area contributed by atoms with Crippen LogP contribution in [0.25, 0.3) is 10.2 Å². The lowest BCUT2D eigenvalue weighted by atomic mass is 9.49. The SMILES string of the molecule is COc1cccc2sc(N(Cc3ccccn3)C(=O)C34CC5CC(CC(C5)C3)C4)nc12. The van der Waals surface area contributed by atoms with Crippen LogP contribution >= 0.6 is 11.3 Å². The largest absolute Gasteiger partial charge is 0.494 e. The van der Waals surface area contributed by atoms with E-state index in [-0.39, 0.29) is 11.3 Å². The summed E-state index contributed by atoms with van der Waals surface area (Å²) in [6, 6.07) is 11.8. The van der Waals surface area contributed by atoms with Crippen LogP contribution in [0.15, 0.2) is 42.6 Å². The second-order valence-electron chi connectivity index (χ2n) is 9.71. The van der Waals surface area contributed by atoms with E-state index in [0.29, 0.717) is 6.54 Å². The molecule has 31 heavy (non-hydrogen) atoms. The van der Waals surface area contributed by atoms with Crippen LogP contribution in [0.5, 0.6) is 5.75 Å². The minimum absolute atomic E-state index is 0.217. The van der Waals surface area contributed by atoms with E-state index in [9.17, 15) is 4.79 Å². The molecule has 5 nitrogen and oxygen atoms in total. The van der Waals surface area contributed by atoms with Crippen LogP contribution in [0.3, 0.4) is 0 Å². The molecule has 1 aromatic carbocycles. The summed E-state index contributed by atoms with van der Waals surface area (Å²) in [6.45, 7) is 0.462. The molecule has 4 aliphatic carbocycles. The highest BCUT2D eigenvalue weighted by Crippen LogP contribution is 2.61. The second kappa shape index (κ2) is 7.30. The van der Waals surface area contributed by atoms with Crippen LogP contribution in [0, 0.1) is 23.2 Å². The molecule has 0 N–H and O–H groups in total. The first kappa shape index (κ1) is 19.2. The molecule has 0 aliphatic heterocycles. The predicted molar refractivity (Wildman–Crippen MR) is 122 cm³/mol. The van der Waals surface area contributed by atoms with Crippen molar-refractivity contribution in [3.05, 3.63) is 48.3 Å². The molecular formula is C25H27N3O2S.